The van der Waals surface area contributed by atoms with Crippen LogP contribution in [0.5, 0.6) is 0 Å². The van der Waals surface area contributed by atoms with Crippen molar-refractivity contribution in [3.63, 3.8) is 0 Å². The van der Waals surface area contributed by atoms with Gasteiger partial charge in [-0.25, -0.2) is 4.98 Å². The minimum atomic E-state index is -0.619. The van der Waals surface area contributed by atoms with Crippen molar-refractivity contribution in [1.82, 2.24) is 10.3 Å². The second kappa shape index (κ2) is 7.33. The zero-order valence-electron chi connectivity index (χ0n) is 11.4. The molecule has 1 fully saturated rings. The molecule has 1 aromatic rings. The molecule has 1 aliphatic carbocycles. The van der Waals surface area contributed by atoms with Crippen LogP contribution < -0.4 is 5.32 Å². The van der Waals surface area contributed by atoms with Crippen molar-refractivity contribution in [2.24, 2.45) is 5.92 Å². The lowest BCUT2D eigenvalue weighted by Crippen LogP contribution is -2.26. The lowest BCUT2D eigenvalue weighted by atomic mass is 10.2. The van der Waals surface area contributed by atoms with E-state index in [-0.39, 0.29) is 16.4 Å². The molecule has 1 N–H and O–H groups in total. The number of aromatic nitrogens is 1. The fourth-order valence-corrected chi connectivity index (χ4v) is 1.89. The molecule has 1 aliphatic rings. The number of carbonyl (C=O) groups excluding carboxylic acids is 1. The Bertz CT molecular complexity index is 534. The van der Waals surface area contributed by atoms with E-state index in [1.54, 1.807) is 0 Å². The van der Waals surface area contributed by atoms with E-state index in [0.717, 1.165) is 18.9 Å². The average Bonchev–Trinajstić information content (AvgIpc) is 3.26. The highest BCUT2D eigenvalue weighted by Gasteiger charge is 2.21. The summed E-state index contributed by atoms with van der Waals surface area (Å²) in [5.41, 5.74) is -0.262. The Morgan fingerprint density at radius 2 is 2.33 bits per heavy atom. The van der Waals surface area contributed by atoms with Crippen molar-refractivity contribution in [1.29, 1.82) is 0 Å². The third-order valence-electron chi connectivity index (χ3n) is 3.08. The van der Waals surface area contributed by atoms with Crippen molar-refractivity contribution in [3.05, 3.63) is 33.1 Å². The molecule has 1 saturated carbocycles. The summed E-state index contributed by atoms with van der Waals surface area (Å²) in [5.74, 6) is 0.243. The van der Waals surface area contributed by atoms with Gasteiger partial charge in [-0.2, -0.15) is 0 Å². The van der Waals surface area contributed by atoms with Gasteiger partial charge in [0.2, 0.25) is 0 Å². The SMILES string of the molecule is O=C(NCCCOCC1CC1)c1cc([N+](=O)[O-])cnc1Cl. The first kappa shape index (κ1) is 15.7. The predicted molar refractivity (Wildman–Crippen MR) is 76.4 cm³/mol. The van der Waals surface area contributed by atoms with Gasteiger partial charge in [0.05, 0.1) is 10.5 Å². The molecule has 0 bridgehead atoms. The van der Waals surface area contributed by atoms with Gasteiger partial charge in [0.15, 0.2) is 0 Å². The molecule has 21 heavy (non-hydrogen) atoms. The number of carbonyl (C=O) groups is 1. The van der Waals surface area contributed by atoms with Gasteiger partial charge in [0.1, 0.15) is 11.3 Å². The highest BCUT2D eigenvalue weighted by Crippen LogP contribution is 2.28. The molecule has 0 unspecified atom stereocenters. The van der Waals surface area contributed by atoms with Gasteiger partial charge in [-0.15, -0.1) is 0 Å². The third kappa shape index (κ3) is 4.95. The van der Waals surface area contributed by atoms with Crippen LogP contribution in [0.1, 0.15) is 29.6 Å². The molecule has 0 saturated heterocycles. The fourth-order valence-electron chi connectivity index (χ4n) is 1.70. The lowest BCUT2D eigenvalue weighted by molar-refractivity contribution is -0.385. The zero-order valence-corrected chi connectivity index (χ0v) is 12.1. The standard InChI is InChI=1S/C13H16ClN3O4/c14-12-11(6-10(7-16-12)17(19)20)13(18)15-4-1-5-21-8-9-2-3-9/h6-7,9H,1-5,8H2,(H,15,18). The monoisotopic (exact) mass is 313 g/mol. The van der Waals surface area contributed by atoms with Gasteiger partial charge in [0.25, 0.3) is 11.6 Å². The number of pyridine rings is 1. The third-order valence-corrected chi connectivity index (χ3v) is 3.38. The number of hydrogen-bond acceptors (Lipinski definition) is 5. The molecule has 1 aromatic heterocycles. The Morgan fingerprint density at radius 1 is 1.57 bits per heavy atom. The van der Waals surface area contributed by atoms with Crippen LogP contribution in [-0.2, 0) is 4.74 Å². The van der Waals surface area contributed by atoms with Crippen LogP contribution in [0.3, 0.4) is 0 Å². The quantitative estimate of drug-likeness (QED) is 0.343. The molecule has 1 amide bonds. The molecular formula is C13H16ClN3O4. The molecule has 0 radical (unpaired) electrons. The van der Waals surface area contributed by atoms with E-state index in [9.17, 15) is 14.9 Å². The number of hydrogen-bond donors (Lipinski definition) is 1. The molecule has 0 atom stereocenters. The van der Waals surface area contributed by atoms with E-state index in [4.69, 9.17) is 16.3 Å². The van der Waals surface area contributed by atoms with E-state index in [1.807, 2.05) is 0 Å². The number of nitrogens with zero attached hydrogens (tertiary/aromatic N) is 2. The maximum atomic E-state index is 11.9. The molecule has 8 heteroatoms. The van der Waals surface area contributed by atoms with E-state index < -0.39 is 10.8 Å². The van der Waals surface area contributed by atoms with E-state index in [1.165, 1.54) is 12.8 Å². The van der Waals surface area contributed by atoms with Crippen molar-refractivity contribution in [2.45, 2.75) is 19.3 Å². The molecule has 2 rings (SSSR count). The van der Waals surface area contributed by atoms with Crippen LogP contribution in [0, 0.1) is 16.0 Å². The fraction of sp³-hybridized carbons (Fsp3) is 0.538. The largest absolute Gasteiger partial charge is 0.381 e. The van der Waals surface area contributed by atoms with Crippen molar-refractivity contribution in [2.75, 3.05) is 19.8 Å². The topological polar surface area (TPSA) is 94.4 Å². The summed E-state index contributed by atoms with van der Waals surface area (Å²) < 4.78 is 5.44. The van der Waals surface area contributed by atoms with Gasteiger partial charge in [0, 0.05) is 25.8 Å². The first-order valence-corrected chi connectivity index (χ1v) is 7.11. The van der Waals surface area contributed by atoms with E-state index in [0.29, 0.717) is 25.5 Å². The van der Waals surface area contributed by atoms with Gasteiger partial charge >= 0.3 is 0 Å². The summed E-state index contributed by atoms with van der Waals surface area (Å²) in [6.07, 6.45) is 4.19. The van der Waals surface area contributed by atoms with Crippen LogP contribution >= 0.6 is 11.6 Å². The Hall–Kier alpha value is -1.73. The average molecular weight is 314 g/mol. The van der Waals surface area contributed by atoms with Gasteiger partial charge in [-0.3, -0.25) is 14.9 Å². The summed E-state index contributed by atoms with van der Waals surface area (Å²) >= 11 is 5.78. The van der Waals surface area contributed by atoms with E-state index in [2.05, 4.69) is 10.3 Å². The predicted octanol–water partition coefficient (Wildman–Crippen LogP) is 2.19. The van der Waals surface area contributed by atoms with Crippen LogP contribution in [0.2, 0.25) is 5.15 Å². The molecular weight excluding hydrogens is 298 g/mol. The molecule has 0 aliphatic heterocycles. The van der Waals surface area contributed by atoms with Crippen LogP contribution in [0.15, 0.2) is 12.3 Å². The van der Waals surface area contributed by atoms with Crippen LogP contribution in [-0.4, -0.2) is 35.6 Å². The highest BCUT2D eigenvalue weighted by molar-refractivity contribution is 6.32. The second-order valence-corrected chi connectivity index (χ2v) is 5.27. The Labute approximate surface area is 126 Å². The Kier molecular flexibility index (Phi) is 5.46. The first-order chi connectivity index (χ1) is 10.1. The maximum Gasteiger partial charge on any atom is 0.288 e. The van der Waals surface area contributed by atoms with Crippen molar-refractivity contribution in [3.8, 4) is 0 Å². The second-order valence-electron chi connectivity index (χ2n) is 4.92. The zero-order chi connectivity index (χ0) is 15.2. The summed E-state index contributed by atoms with van der Waals surface area (Å²) in [4.78, 5) is 25.6. The minimum Gasteiger partial charge on any atom is -0.381 e. The van der Waals surface area contributed by atoms with E-state index >= 15 is 0 Å². The van der Waals surface area contributed by atoms with Gasteiger partial charge in [-0.1, -0.05) is 11.6 Å². The van der Waals surface area contributed by atoms with Crippen LogP contribution in [0.25, 0.3) is 0 Å². The Balaban J connectivity index is 1.76. The summed E-state index contributed by atoms with van der Waals surface area (Å²) in [5, 5.41) is 13.2. The van der Waals surface area contributed by atoms with Crippen LogP contribution in [0.4, 0.5) is 5.69 Å². The first-order valence-electron chi connectivity index (χ1n) is 6.74. The lowest BCUT2D eigenvalue weighted by Gasteiger charge is -2.06. The highest BCUT2D eigenvalue weighted by atomic mass is 35.5. The minimum absolute atomic E-state index is 0.00441. The summed E-state index contributed by atoms with van der Waals surface area (Å²) in [7, 11) is 0. The number of ether oxygens (including phenoxy) is 1. The van der Waals surface area contributed by atoms with Crippen molar-refractivity contribution < 1.29 is 14.5 Å². The van der Waals surface area contributed by atoms with Gasteiger partial charge < -0.3 is 10.1 Å². The molecule has 114 valence electrons. The molecule has 0 aromatic carbocycles. The number of nitro groups is 1. The number of rotatable bonds is 8. The number of amides is 1. The molecule has 7 nitrogen and oxygen atoms in total. The molecule has 0 spiro atoms. The maximum absolute atomic E-state index is 11.9. The summed E-state index contributed by atoms with van der Waals surface area (Å²) in [6.45, 7) is 1.79. The summed E-state index contributed by atoms with van der Waals surface area (Å²) in [6, 6.07) is 1.12. The Morgan fingerprint density at radius 3 is 3.00 bits per heavy atom. The normalized spacial score (nSPS) is 14.0. The molecule has 1 heterocycles. The number of nitrogens with one attached hydrogen (secondary N) is 1. The van der Waals surface area contributed by atoms with Gasteiger partial charge in [-0.05, 0) is 25.2 Å². The number of halogens is 1. The smallest absolute Gasteiger partial charge is 0.288 e. The van der Waals surface area contributed by atoms with Crippen molar-refractivity contribution >= 4 is 23.2 Å².